The van der Waals surface area contributed by atoms with E-state index in [1.807, 2.05) is 41.0 Å². The molecule has 3 aromatic carbocycles. The standard InChI is InChI=1S/C28H22Cl3FN2OS/c1-17(15-35)18-4-5-19(24(30)12-18)16-36-27-33-14-26(34(27)22-9-7-21(32)8-10-22)28(2,3)20-6-11-23(29)25(31)13-20/h4-14H,16H2,1-3H3. The highest BCUT2D eigenvalue weighted by Gasteiger charge is 2.30. The topological polar surface area (TPSA) is 34.9 Å². The summed E-state index contributed by atoms with van der Waals surface area (Å²) in [5.74, 6) is 2.13. The van der Waals surface area contributed by atoms with E-state index in [9.17, 15) is 9.18 Å². The van der Waals surface area contributed by atoms with Gasteiger partial charge in [-0.2, -0.15) is 0 Å². The van der Waals surface area contributed by atoms with E-state index in [0.717, 1.165) is 33.2 Å². The fourth-order valence-corrected chi connectivity index (χ4v) is 5.47. The van der Waals surface area contributed by atoms with Crippen molar-refractivity contribution in [2.24, 2.45) is 0 Å². The van der Waals surface area contributed by atoms with Crippen LogP contribution in [0.2, 0.25) is 15.1 Å². The Labute approximate surface area is 228 Å². The lowest BCUT2D eigenvalue weighted by atomic mass is 9.81. The number of benzene rings is 3. The van der Waals surface area contributed by atoms with E-state index >= 15 is 0 Å². The Hall–Kier alpha value is -2.53. The van der Waals surface area contributed by atoms with Crippen LogP contribution in [0.1, 0.15) is 43.2 Å². The summed E-state index contributed by atoms with van der Waals surface area (Å²) in [6.07, 6.45) is 1.83. The zero-order valence-corrected chi connectivity index (χ0v) is 22.9. The Morgan fingerprint density at radius 1 is 1.00 bits per heavy atom. The molecule has 0 N–H and O–H groups in total. The number of aromatic nitrogens is 2. The quantitative estimate of drug-likeness (QED) is 0.168. The minimum atomic E-state index is -0.494. The highest BCUT2D eigenvalue weighted by molar-refractivity contribution is 7.98. The molecule has 36 heavy (non-hydrogen) atoms. The third-order valence-electron chi connectivity index (χ3n) is 6.09. The molecular formula is C28H22Cl3FN2OS. The molecule has 1 heterocycles. The van der Waals surface area contributed by atoms with Crippen LogP contribution < -0.4 is 0 Å². The second kappa shape index (κ2) is 10.8. The molecule has 0 unspecified atom stereocenters. The Morgan fingerprint density at radius 3 is 2.36 bits per heavy atom. The second-order valence-electron chi connectivity index (χ2n) is 8.81. The molecule has 0 fully saturated rings. The molecule has 4 rings (SSSR count). The van der Waals surface area contributed by atoms with E-state index in [0.29, 0.717) is 26.4 Å². The predicted molar refractivity (Wildman–Crippen MR) is 148 cm³/mol. The number of rotatable bonds is 7. The molecule has 0 spiro atoms. The van der Waals surface area contributed by atoms with Crippen LogP contribution in [0.4, 0.5) is 4.39 Å². The first-order valence-electron chi connectivity index (χ1n) is 11.0. The fourth-order valence-electron chi connectivity index (χ4n) is 3.85. The van der Waals surface area contributed by atoms with Gasteiger partial charge in [0.05, 0.1) is 21.9 Å². The second-order valence-corrected chi connectivity index (χ2v) is 11.0. The lowest BCUT2D eigenvalue weighted by Crippen LogP contribution is -2.23. The Balaban J connectivity index is 1.74. The van der Waals surface area contributed by atoms with Crippen molar-refractivity contribution in [2.45, 2.75) is 37.1 Å². The fraction of sp³-hybridized carbons (Fsp3) is 0.179. The van der Waals surface area contributed by atoms with E-state index < -0.39 is 5.41 Å². The van der Waals surface area contributed by atoms with Crippen molar-refractivity contribution in [1.29, 1.82) is 0 Å². The van der Waals surface area contributed by atoms with Gasteiger partial charge in [-0.15, -0.1) is 0 Å². The Bertz CT molecular complexity index is 1470. The molecule has 0 radical (unpaired) electrons. The summed E-state index contributed by atoms with van der Waals surface area (Å²) in [6.45, 7) is 5.86. The lowest BCUT2D eigenvalue weighted by Gasteiger charge is -2.28. The summed E-state index contributed by atoms with van der Waals surface area (Å²) in [4.78, 5) is 15.7. The molecule has 3 nitrogen and oxygen atoms in total. The van der Waals surface area contributed by atoms with Crippen LogP contribution in [0.3, 0.4) is 0 Å². The molecule has 8 heteroatoms. The Morgan fingerprint density at radius 2 is 1.72 bits per heavy atom. The summed E-state index contributed by atoms with van der Waals surface area (Å²) in [7, 11) is 0. The van der Waals surface area contributed by atoms with E-state index in [4.69, 9.17) is 39.8 Å². The van der Waals surface area contributed by atoms with Gasteiger partial charge >= 0.3 is 0 Å². The summed E-state index contributed by atoms with van der Waals surface area (Å²) in [5.41, 5.74) is 4.30. The predicted octanol–water partition coefficient (Wildman–Crippen LogP) is 8.82. The number of nitrogens with zero attached hydrogens (tertiary/aromatic N) is 2. The Kier molecular flexibility index (Phi) is 7.99. The van der Waals surface area contributed by atoms with Crippen molar-refractivity contribution < 1.29 is 9.18 Å². The smallest absolute Gasteiger partial charge is 0.173 e. The molecule has 4 aromatic rings. The molecule has 0 aliphatic rings. The van der Waals surface area contributed by atoms with Crippen molar-refractivity contribution in [3.63, 3.8) is 0 Å². The van der Waals surface area contributed by atoms with Gasteiger partial charge in [0.25, 0.3) is 0 Å². The van der Waals surface area contributed by atoms with Crippen LogP contribution in [-0.4, -0.2) is 15.5 Å². The molecule has 0 bridgehead atoms. The molecular weight excluding hydrogens is 538 g/mol. The lowest BCUT2D eigenvalue weighted by molar-refractivity contribution is 0.569. The minimum Gasteiger partial charge on any atom is -0.291 e. The van der Waals surface area contributed by atoms with Gasteiger partial charge in [0.15, 0.2) is 5.16 Å². The van der Waals surface area contributed by atoms with Gasteiger partial charge in [-0.05, 0) is 66.1 Å². The zero-order valence-electron chi connectivity index (χ0n) is 19.8. The molecule has 0 atom stereocenters. The first kappa shape index (κ1) is 26.5. The van der Waals surface area contributed by atoms with Crippen LogP contribution in [0.5, 0.6) is 0 Å². The van der Waals surface area contributed by atoms with Gasteiger partial charge in [-0.3, -0.25) is 4.57 Å². The number of hydrogen-bond donors (Lipinski definition) is 0. The number of thioether (sulfide) groups is 1. The molecule has 0 saturated carbocycles. The summed E-state index contributed by atoms with van der Waals surface area (Å²) in [5, 5.41) is 2.25. The summed E-state index contributed by atoms with van der Waals surface area (Å²) < 4.78 is 15.8. The molecule has 0 aliphatic carbocycles. The number of carbonyl (C=O) groups excluding carboxylic acids is 1. The molecule has 1 aromatic heterocycles. The largest absolute Gasteiger partial charge is 0.291 e. The third-order valence-corrected chi connectivity index (χ3v) is 8.18. The van der Waals surface area contributed by atoms with Crippen molar-refractivity contribution in [3.05, 3.63) is 110 Å². The molecule has 0 aliphatic heterocycles. The minimum absolute atomic E-state index is 0.315. The van der Waals surface area contributed by atoms with Gasteiger partial charge in [0, 0.05) is 27.5 Å². The average Bonchev–Trinajstić information content (AvgIpc) is 3.29. The van der Waals surface area contributed by atoms with E-state index in [-0.39, 0.29) is 5.82 Å². The summed E-state index contributed by atoms with van der Waals surface area (Å²) >= 11 is 20.5. The first-order valence-corrected chi connectivity index (χ1v) is 13.2. The number of hydrogen-bond acceptors (Lipinski definition) is 3. The first-order chi connectivity index (χ1) is 17.1. The van der Waals surface area contributed by atoms with Gasteiger partial charge in [0.2, 0.25) is 0 Å². The van der Waals surface area contributed by atoms with Gasteiger partial charge in [-0.25, -0.2) is 14.2 Å². The van der Waals surface area contributed by atoms with Crippen LogP contribution in [0.25, 0.3) is 11.3 Å². The van der Waals surface area contributed by atoms with Crippen LogP contribution in [0.15, 0.2) is 72.0 Å². The SMILES string of the molecule is CC(=C=O)c1ccc(CSc2ncc(C(C)(C)c3ccc(Cl)c(Cl)c3)n2-c2ccc(F)cc2)c(Cl)c1. The van der Waals surface area contributed by atoms with Crippen molar-refractivity contribution in [1.82, 2.24) is 9.55 Å². The van der Waals surface area contributed by atoms with Crippen LogP contribution in [0, 0.1) is 5.82 Å². The van der Waals surface area contributed by atoms with E-state index in [2.05, 4.69) is 13.8 Å². The van der Waals surface area contributed by atoms with Crippen molar-refractivity contribution in [2.75, 3.05) is 0 Å². The monoisotopic (exact) mass is 558 g/mol. The number of halogens is 4. The average molecular weight is 560 g/mol. The molecule has 0 saturated heterocycles. The normalized spacial score (nSPS) is 11.4. The maximum absolute atomic E-state index is 13.7. The third kappa shape index (κ3) is 5.41. The summed E-state index contributed by atoms with van der Waals surface area (Å²) in [6, 6.07) is 17.4. The van der Waals surface area contributed by atoms with Gasteiger partial charge in [-0.1, -0.05) is 78.6 Å². The van der Waals surface area contributed by atoms with Crippen molar-refractivity contribution in [3.8, 4) is 5.69 Å². The maximum atomic E-state index is 13.7. The number of imidazole rings is 1. The molecule has 184 valence electrons. The van der Waals surface area contributed by atoms with Crippen molar-refractivity contribution >= 4 is 58.1 Å². The highest BCUT2D eigenvalue weighted by atomic mass is 35.5. The maximum Gasteiger partial charge on any atom is 0.173 e. The zero-order chi connectivity index (χ0) is 26.0. The van der Waals surface area contributed by atoms with Crippen LogP contribution in [-0.2, 0) is 16.0 Å². The van der Waals surface area contributed by atoms with E-state index in [1.54, 1.807) is 31.2 Å². The van der Waals surface area contributed by atoms with Gasteiger partial charge < -0.3 is 0 Å². The number of allylic oxidation sites excluding steroid dienone is 1. The molecule has 0 amide bonds. The highest BCUT2D eigenvalue weighted by Crippen LogP contribution is 2.39. The van der Waals surface area contributed by atoms with E-state index in [1.165, 1.54) is 23.9 Å². The van der Waals surface area contributed by atoms with Gasteiger partial charge in [0.1, 0.15) is 11.8 Å². The van der Waals surface area contributed by atoms with Crippen LogP contribution >= 0.6 is 46.6 Å².